The van der Waals surface area contributed by atoms with E-state index in [0.717, 1.165) is 18.5 Å². The van der Waals surface area contributed by atoms with E-state index in [9.17, 15) is 4.79 Å². The first-order valence-corrected chi connectivity index (χ1v) is 7.07. The molecule has 0 aliphatic heterocycles. The van der Waals surface area contributed by atoms with E-state index in [1.165, 1.54) is 0 Å². The van der Waals surface area contributed by atoms with Crippen LogP contribution in [0.4, 0.5) is 0 Å². The lowest BCUT2D eigenvalue weighted by atomic mass is 9.99. The molecule has 106 valence electrons. The average Bonchev–Trinajstić information content (AvgIpc) is 2.43. The molecule has 0 saturated heterocycles. The Morgan fingerprint density at radius 3 is 2.37 bits per heavy atom. The molecule has 0 bridgehead atoms. The predicted molar refractivity (Wildman–Crippen MR) is 78.4 cm³/mol. The van der Waals surface area contributed by atoms with E-state index >= 15 is 0 Å². The lowest BCUT2D eigenvalue weighted by molar-refractivity contribution is 0.0735. The fraction of sp³-hybridized carbons (Fsp3) is 0.562. The van der Waals surface area contributed by atoms with Crippen LogP contribution in [0.2, 0.25) is 0 Å². The van der Waals surface area contributed by atoms with Gasteiger partial charge in [0.05, 0.1) is 6.04 Å². The molecule has 1 N–H and O–H groups in total. The van der Waals surface area contributed by atoms with Crippen LogP contribution in [-0.2, 0) is 0 Å². The molecule has 0 radical (unpaired) electrons. The van der Waals surface area contributed by atoms with Gasteiger partial charge in [-0.2, -0.15) is 0 Å². The Kier molecular flexibility index (Phi) is 6.74. The number of hydrogen-bond acceptors (Lipinski definition) is 3. The average molecular weight is 263 g/mol. The Bertz CT molecular complexity index is 376. The minimum absolute atomic E-state index is 0.103. The van der Waals surface area contributed by atoms with Crippen molar-refractivity contribution in [3.8, 4) is 0 Å². The second-order valence-electron chi connectivity index (χ2n) is 5.06. The molecule has 0 aliphatic rings. The summed E-state index contributed by atoms with van der Waals surface area (Å²) in [6.07, 6.45) is 1.49. The van der Waals surface area contributed by atoms with Gasteiger partial charge in [0.25, 0.3) is 0 Å². The Labute approximate surface area is 116 Å². The maximum absolute atomic E-state index is 12.6. The Hall–Kier alpha value is -1.19. The SMILES string of the molecule is CCC(C(=O)c1ccccc1)N(CCCO)C(C)C. The first kappa shape index (κ1) is 15.9. The van der Waals surface area contributed by atoms with Gasteiger partial charge in [0.1, 0.15) is 0 Å². The summed E-state index contributed by atoms with van der Waals surface area (Å²) in [4.78, 5) is 14.8. The number of carbonyl (C=O) groups is 1. The third-order valence-corrected chi connectivity index (χ3v) is 3.39. The molecular weight excluding hydrogens is 238 g/mol. The van der Waals surface area contributed by atoms with Crippen LogP contribution in [0.15, 0.2) is 30.3 Å². The predicted octanol–water partition coefficient (Wildman–Crippen LogP) is 2.74. The smallest absolute Gasteiger partial charge is 0.179 e. The molecule has 1 atom stereocenters. The molecule has 3 heteroatoms. The monoisotopic (exact) mass is 263 g/mol. The van der Waals surface area contributed by atoms with Gasteiger partial charge in [-0.1, -0.05) is 37.3 Å². The molecule has 0 heterocycles. The standard InChI is InChI=1S/C16H25NO2/c1-4-15(17(13(2)3)11-8-12-18)16(19)14-9-6-5-7-10-14/h5-7,9-10,13,15,18H,4,8,11-12H2,1-3H3. The maximum Gasteiger partial charge on any atom is 0.179 e. The van der Waals surface area contributed by atoms with Crippen molar-refractivity contribution in [1.82, 2.24) is 4.90 Å². The van der Waals surface area contributed by atoms with Crippen LogP contribution in [0, 0.1) is 0 Å². The van der Waals surface area contributed by atoms with E-state index < -0.39 is 0 Å². The zero-order valence-corrected chi connectivity index (χ0v) is 12.2. The third-order valence-electron chi connectivity index (χ3n) is 3.39. The van der Waals surface area contributed by atoms with Crippen LogP contribution < -0.4 is 0 Å². The number of aliphatic hydroxyl groups excluding tert-OH is 1. The van der Waals surface area contributed by atoms with Crippen LogP contribution in [-0.4, -0.2) is 41.0 Å². The summed E-state index contributed by atoms with van der Waals surface area (Å²) in [5.74, 6) is 0.176. The van der Waals surface area contributed by atoms with Gasteiger partial charge < -0.3 is 5.11 Å². The van der Waals surface area contributed by atoms with E-state index in [1.54, 1.807) is 0 Å². The summed E-state index contributed by atoms with van der Waals surface area (Å²) in [6, 6.07) is 9.65. The number of Topliss-reactive ketones (excluding diaryl/α,β-unsaturated/α-hetero) is 1. The van der Waals surface area contributed by atoms with Gasteiger partial charge in [0, 0.05) is 24.8 Å². The number of rotatable bonds is 8. The van der Waals surface area contributed by atoms with Crippen LogP contribution in [0.5, 0.6) is 0 Å². The molecule has 19 heavy (non-hydrogen) atoms. The number of hydrogen-bond donors (Lipinski definition) is 1. The highest BCUT2D eigenvalue weighted by atomic mass is 16.3. The van der Waals surface area contributed by atoms with Crippen molar-refractivity contribution in [2.24, 2.45) is 0 Å². The number of nitrogens with zero attached hydrogens (tertiary/aromatic N) is 1. The lowest BCUT2D eigenvalue weighted by Gasteiger charge is -2.33. The highest BCUT2D eigenvalue weighted by Crippen LogP contribution is 2.15. The maximum atomic E-state index is 12.6. The van der Waals surface area contributed by atoms with Gasteiger partial charge >= 0.3 is 0 Å². The Balaban J connectivity index is 2.87. The van der Waals surface area contributed by atoms with Gasteiger partial charge in [-0.25, -0.2) is 0 Å². The second-order valence-corrected chi connectivity index (χ2v) is 5.06. The Morgan fingerprint density at radius 2 is 1.89 bits per heavy atom. The van der Waals surface area contributed by atoms with E-state index in [4.69, 9.17) is 5.11 Å². The number of aliphatic hydroxyl groups is 1. The lowest BCUT2D eigenvalue weighted by Crippen LogP contribution is -2.45. The fourth-order valence-electron chi connectivity index (χ4n) is 2.39. The zero-order chi connectivity index (χ0) is 14.3. The van der Waals surface area contributed by atoms with Crippen LogP contribution in [0.3, 0.4) is 0 Å². The van der Waals surface area contributed by atoms with Gasteiger partial charge in [0.2, 0.25) is 0 Å². The van der Waals surface area contributed by atoms with Crippen molar-refractivity contribution in [3.63, 3.8) is 0 Å². The largest absolute Gasteiger partial charge is 0.396 e. The highest BCUT2D eigenvalue weighted by Gasteiger charge is 2.26. The highest BCUT2D eigenvalue weighted by molar-refractivity contribution is 6.00. The minimum atomic E-state index is -0.103. The molecule has 0 fully saturated rings. The fourth-order valence-corrected chi connectivity index (χ4v) is 2.39. The van der Waals surface area contributed by atoms with E-state index in [1.807, 2.05) is 37.3 Å². The van der Waals surface area contributed by atoms with Crippen molar-refractivity contribution in [3.05, 3.63) is 35.9 Å². The van der Waals surface area contributed by atoms with Crippen molar-refractivity contribution < 1.29 is 9.90 Å². The second kappa shape index (κ2) is 8.08. The van der Waals surface area contributed by atoms with Gasteiger partial charge in [0.15, 0.2) is 5.78 Å². The first-order chi connectivity index (χ1) is 9.11. The zero-order valence-electron chi connectivity index (χ0n) is 12.2. The van der Waals surface area contributed by atoms with Crippen molar-refractivity contribution in [1.29, 1.82) is 0 Å². The molecule has 0 saturated carbocycles. The van der Waals surface area contributed by atoms with E-state index in [-0.39, 0.29) is 18.4 Å². The quantitative estimate of drug-likeness (QED) is 0.733. The van der Waals surface area contributed by atoms with Gasteiger partial charge in [-0.3, -0.25) is 9.69 Å². The van der Waals surface area contributed by atoms with Crippen molar-refractivity contribution in [2.45, 2.75) is 45.7 Å². The normalized spacial score (nSPS) is 12.9. The molecule has 3 nitrogen and oxygen atoms in total. The van der Waals surface area contributed by atoms with Crippen LogP contribution in [0.25, 0.3) is 0 Å². The molecule has 1 aromatic rings. The van der Waals surface area contributed by atoms with Crippen molar-refractivity contribution in [2.75, 3.05) is 13.2 Å². The minimum Gasteiger partial charge on any atom is -0.396 e. The molecule has 1 unspecified atom stereocenters. The molecule has 0 aromatic heterocycles. The topological polar surface area (TPSA) is 40.5 Å². The number of ketones is 1. The summed E-state index contributed by atoms with van der Waals surface area (Å²) < 4.78 is 0. The van der Waals surface area contributed by atoms with Gasteiger partial charge in [-0.05, 0) is 26.7 Å². The van der Waals surface area contributed by atoms with E-state index in [2.05, 4.69) is 18.7 Å². The molecule has 1 rings (SSSR count). The summed E-state index contributed by atoms with van der Waals surface area (Å²) in [6.45, 7) is 7.15. The molecule has 0 amide bonds. The van der Waals surface area contributed by atoms with Crippen molar-refractivity contribution >= 4 is 5.78 Å². The molecule has 1 aromatic carbocycles. The van der Waals surface area contributed by atoms with Crippen LogP contribution in [0.1, 0.15) is 44.0 Å². The summed E-state index contributed by atoms with van der Waals surface area (Å²) in [5.41, 5.74) is 0.768. The molecule has 0 spiro atoms. The summed E-state index contributed by atoms with van der Waals surface area (Å²) >= 11 is 0. The third kappa shape index (κ3) is 4.44. The Morgan fingerprint density at radius 1 is 1.26 bits per heavy atom. The van der Waals surface area contributed by atoms with Crippen LogP contribution >= 0.6 is 0 Å². The number of benzene rings is 1. The molecule has 0 aliphatic carbocycles. The first-order valence-electron chi connectivity index (χ1n) is 7.07. The number of carbonyl (C=O) groups excluding carboxylic acids is 1. The summed E-state index contributed by atoms with van der Waals surface area (Å²) in [7, 11) is 0. The molecular formula is C16H25NO2. The van der Waals surface area contributed by atoms with E-state index in [0.29, 0.717) is 12.5 Å². The summed E-state index contributed by atoms with van der Waals surface area (Å²) in [5, 5.41) is 9.00. The van der Waals surface area contributed by atoms with Gasteiger partial charge in [-0.15, -0.1) is 0 Å².